The molecule has 0 aliphatic heterocycles. The summed E-state index contributed by atoms with van der Waals surface area (Å²) in [6.45, 7) is 4.26. The van der Waals surface area contributed by atoms with Crippen LogP contribution in [0.2, 0.25) is 0 Å². The summed E-state index contributed by atoms with van der Waals surface area (Å²) in [5, 5.41) is 0. The summed E-state index contributed by atoms with van der Waals surface area (Å²) in [4.78, 5) is 4.65. The third-order valence-electron chi connectivity index (χ3n) is 10.9. The molecule has 0 N–H and O–H groups in total. The number of hydrogen-bond acceptors (Lipinski definition) is 2. The van der Waals surface area contributed by atoms with Gasteiger partial charge >= 0.3 is 0 Å². The Morgan fingerprint density at radius 1 is 0.190 bits per heavy atom. The van der Waals surface area contributed by atoms with Crippen LogP contribution in [0.4, 0.5) is 34.1 Å². The van der Waals surface area contributed by atoms with Gasteiger partial charge in [0, 0.05) is 34.1 Å². The second-order valence-electron chi connectivity index (χ2n) is 14.8. The number of rotatable bonds is 10. The molecule has 0 radical (unpaired) electrons. The summed E-state index contributed by atoms with van der Waals surface area (Å²) in [5.41, 5.74) is 18.8. The molecule has 0 aliphatic carbocycles. The average molecular weight is 745 g/mol. The Balaban J connectivity index is 0.953. The van der Waals surface area contributed by atoms with Crippen molar-refractivity contribution in [3.8, 4) is 44.5 Å². The Hall–Kier alpha value is -7.42. The second kappa shape index (κ2) is 16.4. The Kier molecular flexibility index (Phi) is 10.2. The van der Waals surface area contributed by atoms with Gasteiger partial charge in [0.05, 0.1) is 0 Å². The van der Waals surface area contributed by atoms with Gasteiger partial charge in [0.25, 0.3) is 0 Å². The van der Waals surface area contributed by atoms with Gasteiger partial charge in [-0.25, -0.2) is 0 Å². The summed E-state index contributed by atoms with van der Waals surface area (Å²) in [6.07, 6.45) is 0. The van der Waals surface area contributed by atoms with Gasteiger partial charge in [-0.2, -0.15) is 0 Å². The van der Waals surface area contributed by atoms with E-state index in [0.717, 1.165) is 34.1 Å². The van der Waals surface area contributed by atoms with Crippen LogP contribution in [0, 0.1) is 13.8 Å². The minimum Gasteiger partial charge on any atom is -0.311 e. The summed E-state index contributed by atoms with van der Waals surface area (Å²) in [6, 6.07) is 83.0. The Bertz CT molecular complexity index is 2510. The zero-order valence-corrected chi connectivity index (χ0v) is 32.8. The number of hydrogen-bond donors (Lipinski definition) is 0. The van der Waals surface area contributed by atoms with Gasteiger partial charge < -0.3 is 9.80 Å². The first-order valence-electron chi connectivity index (χ1n) is 19.9. The first-order valence-corrected chi connectivity index (χ1v) is 19.9. The molecule has 278 valence electrons. The predicted molar refractivity (Wildman–Crippen MR) is 247 cm³/mol. The highest BCUT2D eigenvalue weighted by atomic mass is 15.1. The smallest absolute Gasteiger partial charge is 0.0462 e. The fourth-order valence-electron chi connectivity index (χ4n) is 7.61. The highest BCUT2D eigenvalue weighted by Gasteiger charge is 2.15. The number of aryl methyl sites for hydroxylation is 2. The molecule has 0 saturated carbocycles. The number of anilines is 6. The van der Waals surface area contributed by atoms with Crippen molar-refractivity contribution in [3.63, 3.8) is 0 Å². The number of nitrogens with zero attached hydrogens (tertiary/aromatic N) is 2. The van der Waals surface area contributed by atoms with Gasteiger partial charge in [-0.05, 0) is 131 Å². The lowest BCUT2D eigenvalue weighted by Gasteiger charge is -2.26. The Labute approximate surface area is 342 Å². The van der Waals surface area contributed by atoms with E-state index in [1.165, 1.54) is 55.6 Å². The fourth-order valence-corrected chi connectivity index (χ4v) is 7.61. The van der Waals surface area contributed by atoms with Gasteiger partial charge in [-0.1, -0.05) is 169 Å². The third-order valence-corrected chi connectivity index (χ3v) is 10.9. The lowest BCUT2D eigenvalue weighted by Crippen LogP contribution is -2.09. The van der Waals surface area contributed by atoms with Crippen molar-refractivity contribution in [2.75, 3.05) is 9.80 Å². The Morgan fingerprint density at radius 2 is 0.362 bits per heavy atom. The van der Waals surface area contributed by atoms with Gasteiger partial charge in [-0.15, -0.1) is 0 Å². The summed E-state index contributed by atoms with van der Waals surface area (Å²) in [7, 11) is 0. The summed E-state index contributed by atoms with van der Waals surface area (Å²) in [5.74, 6) is 0. The molecule has 0 atom stereocenters. The van der Waals surface area contributed by atoms with Gasteiger partial charge in [0.2, 0.25) is 0 Å². The van der Waals surface area contributed by atoms with Crippen LogP contribution in [0.25, 0.3) is 44.5 Å². The monoisotopic (exact) mass is 744 g/mol. The highest BCUT2D eigenvalue weighted by molar-refractivity contribution is 5.82. The predicted octanol–water partition coefficient (Wildman–Crippen LogP) is 15.9. The largest absolute Gasteiger partial charge is 0.311 e. The van der Waals surface area contributed by atoms with Crippen LogP contribution in [0.5, 0.6) is 0 Å². The summed E-state index contributed by atoms with van der Waals surface area (Å²) >= 11 is 0. The van der Waals surface area contributed by atoms with Gasteiger partial charge in [0.15, 0.2) is 0 Å². The van der Waals surface area contributed by atoms with Crippen LogP contribution in [0.15, 0.2) is 231 Å². The first-order chi connectivity index (χ1) is 28.6. The van der Waals surface area contributed by atoms with Crippen molar-refractivity contribution in [3.05, 3.63) is 242 Å². The Morgan fingerprint density at radius 3 is 0.586 bits per heavy atom. The maximum atomic E-state index is 2.32. The van der Waals surface area contributed by atoms with E-state index in [2.05, 4.69) is 254 Å². The van der Waals surface area contributed by atoms with Crippen molar-refractivity contribution < 1.29 is 0 Å². The molecule has 0 aromatic heterocycles. The van der Waals surface area contributed by atoms with E-state index < -0.39 is 0 Å². The molecule has 2 heteroatoms. The van der Waals surface area contributed by atoms with Crippen molar-refractivity contribution in [2.45, 2.75) is 13.8 Å². The molecule has 0 unspecified atom stereocenters. The normalized spacial score (nSPS) is 10.9. The molecule has 0 amide bonds. The highest BCUT2D eigenvalue weighted by Crippen LogP contribution is 2.39. The molecular formula is C56H44N2. The fraction of sp³-hybridized carbons (Fsp3) is 0.0357. The van der Waals surface area contributed by atoms with Gasteiger partial charge in [0.1, 0.15) is 0 Å². The minimum atomic E-state index is 1.11. The molecule has 2 nitrogen and oxygen atoms in total. The van der Waals surface area contributed by atoms with E-state index in [4.69, 9.17) is 0 Å². The molecular weight excluding hydrogens is 701 g/mol. The van der Waals surface area contributed by atoms with Crippen LogP contribution in [-0.2, 0) is 0 Å². The molecule has 9 aromatic rings. The van der Waals surface area contributed by atoms with E-state index in [9.17, 15) is 0 Å². The zero-order chi connectivity index (χ0) is 39.3. The molecule has 0 saturated heterocycles. The third kappa shape index (κ3) is 7.82. The zero-order valence-electron chi connectivity index (χ0n) is 32.8. The molecule has 0 spiro atoms. The quantitative estimate of drug-likeness (QED) is 0.138. The van der Waals surface area contributed by atoms with Crippen LogP contribution in [-0.4, -0.2) is 0 Å². The SMILES string of the molecule is Cc1ccc(N(c2ccc(-c3ccccc3)cc2)c2ccc(-c3ccc(-c4ccc(N(c5ccc(C)cc5)c5ccc(-c6ccccc6)cc5)cc4)cc3)cc2)cc1. The lowest BCUT2D eigenvalue weighted by atomic mass is 9.99. The first kappa shape index (κ1) is 36.2. The van der Waals surface area contributed by atoms with Crippen LogP contribution >= 0.6 is 0 Å². The van der Waals surface area contributed by atoms with E-state index in [1.54, 1.807) is 0 Å². The molecule has 9 aromatic carbocycles. The number of benzene rings is 9. The molecule has 0 heterocycles. The second-order valence-corrected chi connectivity index (χ2v) is 14.8. The minimum absolute atomic E-state index is 1.11. The van der Waals surface area contributed by atoms with E-state index in [-0.39, 0.29) is 0 Å². The molecule has 0 aliphatic rings. The van der Waals surface area contributed by atoms with E-state index in [1.807, 2.05) is 0 Å². The van der Waals surface area contributed by atoms with Crippen LogP contribution in [0.3, 0.4) is 0 Å². The standard InChI is InChI=1S/C56H44N2/c1-41-13-29-51(30-14-41)57(53-33-21-47(22-34-53)43-9-5-3-6-10-43)55-37-25-49(26-38-55)45-17-19-46(20-18-45)50-27-39-56(40-28-50)58(52-31-15-42(2)16-32-52)54-35-23-48(24-36-54)44-11-7-4-8-12-44/h3-40H,1-2H3. The van der Waals surface area contributed by atoms with Crippen molar-refractivity contribution in [1.29, 1.82) is 0 Å². The molecule has 9 rings (SSSR count). The topological polar surface area (TPSA) is 6.48 Å². The van der Waals surface area contributed by atoms with Crippen LogP contribution < -0.4 is 9.80 Å². The summed E-state index contributed by atoms with van der Waals surface area (Å²) < 4.78 is 0. The van der Waals surface area contributed by atoms with Crippen molar-refractivity contribution >= 4 is 34.1 Å². The van der Waals surface area contributed by atoms with Gasteiger partial charge in [-0.3, -0.25) is 0 Å². The maximum absolute atomic E-state index is 2.32. The average Bonchev–Trinajstić information content (AvgIpc) is 3.29. The van der Waals surface area contributed by atoms with Crippen molar-refractivity contribution in [1.82, 2.24) is 0 Å². The van der Waals surface area contributed by atoms with Crippen molar-refractivity contribution in [2.24, 2.45) is 0 Å². The van der Waals surface area contributed by atoms with E-state index >= 15 is 0 Å². The maximum Gasteiger partial charge on any atom is 0.0462 e. The lowest BCUT2D eigenvalue weighted by molar-refractivity contribution is 1.27. The molecule has 0 fully saturated rings. The molecule has 0 bridgehead atoms. The van der Waals surface area contributed by atoms with E-state index in [0.29, 0.717) is 0 Å². The molecule has 58 heavy (non-hydrogen) atoms. The van der Waals surface area contributed by atoms with Crippen LogP contribution in [0.1, 0.15) is 11.1 Å².